The van der Waals surface area contributed by atoms with Crippen LogP contribution in [-0.2, 0) is 11.2 Å². The largest absolute Gasteiger partial charge is 0.507 e. The number of methoxy groups -OCH3 is 1. The first kappa shape index (κ1) is 13.9. The van der Waals surface area contributed by atoms with E-state index in [0.29, 0.717) is 0 Å². The van der Waals surface area contributed by atoms with Crippen LogP contribution in [0.1, 0.15) is 29.8 Å². The van der Waals surface area contributed by atoms with Crippen LogP contribution in [0.25, 0.3) is 0 Å². The Bertz CT molecular complexity index is 499. The molecule has 0 bridgehead atoms. The summed E-state index contributed by atoms with van der Waals surface area (Å²) >= 11 is 0. The maximum Gasteiger partial charge on any atom is 0.341 e. The maximum atomic E-state index is 11.4. The standard InChI is InChI=1S/C13H16O5/c1-7(2)4-5-8-11(15)9(13(17)18-3)6-10(14)12(8)16/h4,6,14-16H,5H2,1-3H3. The Kier molecular flexibility index (Phi) is 4.20. The first-order valence-corrected chi connectivity index (χ1v) is 5.37. The van der Waals surface area contributed by atoms with Crippen LogP contribution in [0.4, 0.5) is 0 Å². The molecule has 0 aliphatic heterocycles. The molecule has 0 spiro atoms. The number of phenolic OH excluding ortho intramolecular Hbond substituents is 3. The van der Waals surface area contributed by atoms with E-state index in [9.17, 15) is 20.1 Å². The zero-order chi connectivity index (χ0) is 13.9. The van der Waals surface area contributed by atoms with Crippen molar-refractivity contribution in [2.24, 2.45) is 0 Å². The van der Waals surface area contributed by atoms with Crippen LogP contribution in [0.3, 0.4) is 0 Å². The molecule has 0 saturated carbocycles. The second-order valence-electron chi connectivity index (χ2n) is 4.10. The predicted octanol–water partition coefficient (Wildman–Crippen LogP) is 2.10. The molecule has 0 aliphatic rings. The van der Waals surface area contributed by atoms with Crippen molar-refractivity contribution < 1.29 is 24.9 Å². The smallest absolute Gasteiger partial charge is 0.341 e. The van der Waals surface area contributed by atoms with Crippen molar-refractivity contribution in [2.75, 3.05) is 7.11 Å². The molecule has 0 unspecified atom stereocenters. The normalized spacial score (nSPS) is 9.94. The third-order valence-corrected chi connectivity index (χ3v) is 2.47. The Balaban J connectivity index is 3.35. The van der Waals surface area contributed by atoms with E-state index in [1.54, 1.807) is 6.08 Å². The Morgan fingerprint density at radius 3 is 2.39 bits per heavy atom. The van der Waals surface area contributed by atoms with Crippen molar-refractivity contribution in [3.63, 3.8) is 0 Å². The molecule has 1 rings (SSSR count). The zero-order valence-electron chi connectivity index (χ0n) is 10.5. The Morgan fingerprint density at radius 1 is 1.28 bits per heavy atom. The van der Waals surface area contributed by atoms with Crippen molar-refractivity contribution in [2.45, 2.75) is 20.3 Å². The summed E-state index contributed by atoms with van der Waals surface area (Å²) in [5.74, 6) is -2.06. The molecule has 0 aromatic heterocycles. The molecule has 1 aromatic rings. The molecule has 0 fully saturated rings. The molecule has 0 saturated heterocycles. The van der Waals surface area contributed by atoms with Crippen LogP contribution in [-0.4, -0.2) is 28.4 Å². The number of hydrogen-bond donors (Lipinski definition) is 3. The minimum absolute atomic E-state index is 0.0941. The summed E-state index contributed by atoms with van der Waals surface area (Å²) in [4.78, 5) is 11.4. The topological polar surface area (TPSA) is 87.0 Å². The lowest BCUT2D eigenvalue weighted by atomic mass is 10.0. The molecule has 5 nitrogen and oxygen atoms in total. The van der Waals surface area contributed by atoms with Gasteiger partial charge in [-0.1, -0.05) is 11.6 Å². The van der Waals surface area contributed by atoms with Crippen LogP contribution in [0.5, 0.6) is 17.2 Å². The molecule has 0 amide bonds. The highest BCUT2D eigenvalue weighted by atomic mass is 16.5. The van der Waals surface area contributed by atoms with E-state index in [2.05, 4.69) is 4.74 Å². The van der Waals surface area contributed by atoms with Crippen LogP contribution in [0.2, 0.25) is 0 Å². The van der Waals surface area contributed by atoms with Gasteiger partial charge in [-0.2, -0.15) is 0 Å². The number of carbonyl (C=O) groups is 1. The summed E-state index contributed by atoms with van der Waals surface area (Å²) in [7, 11) is 1.17. The molecular formula is C13H16O5. The highest BCUT2D eigenvalue weighted by molar-refractivity contribution is 5.94. The lowest BCUT2D eigenvalue weighted by molar-refractivity contribution is 0.0596. The number of phenols is 3. The third-order valence-electron chi connectivity index (χ3n) is 2.47. The fraction of sp³-hybridized carbons (Fsp3) is 0.308. The van der Waals surface area contributed by atoms with Gasteiger partial charge in [0.15, 0.2) is 11.5 Å². The average Bonchev–Trinajstić information content (AvgIpc) is 2.32. The summed E-state index contributed by atoms with van der Waals surface area (Å²) < 4.78 is 4.49. The predicted molar refractivity (Wildman–Crippen MR) is 65.9 cm³/mol. The summed E-state index contributed by atoms with van der Waals surface area (Å²) in [5.41, 5.74) is 0.901. The first-order valence-electron chi connectivity index (χ1n) is 5.37. The first-order chi connectivity index (χ1) is 8.38. The number of allylic oxidation sites excluding steroid dienone is 2. The molecular weight excluding hydrogens is 236 g/mol. The van der Waals surface area contributed by atoms with Gasteiger partial charge in [0, 0.05) is 11.6 Å². The van der Waals surface area contributed by atoms with Crippen molar-refractivity contribution >= 4 is 5.97 Å². The number of aromatic hydroxyl groups is 3. The van der Waals surface area contributed by atoms with Crippen LogP contribution in [0, 0.1) is 0 Å². The van der Waals surface area contributed by atoms with Crippen molar-refractivity contribution in [3.8, 4) is 17.2 Å². The fourth-order valence-electron chi connectivity index (χ4n) is 1.47. The summed E-state index contributed by atoms with van der Waals surface area (Å²) in [6.07, 6.45) is 1.97. The number of carbonyl (C=O) groups excluding carboxylic acids is 1. The summed E-state index contributed by atoms with van der Waals surface area (Å²) in [6, 6.07) is 0.975. The van der Waals surface area contributed by atoms with Gasteiger partial charge < -0.3 is 20.1 Å². The van der Waals surface area contributed by atoms with Gasteiger partial charge in [0.1, 0.15) is 11.3 Å². The van der Waals surface area contributed by atoms with Gasteiger partial charge in [-0.3, -0.25) is 0 Å². The lowest BCUT2D eigenvalue weighted by Gasteiger charge is -2.11. The van der Waals surface area contributed by atoms with Gasteiger partial charge in [-0.25, -0.2) is 4.79 Å². The van der Waals surface area contributed by atoms with Crippen LogP contribution in [0.15, 0.2) is 17.7 Å². The molecule has 1 aromatic carbocycles. The Labute approximate surface area is 105 Å². The number of rotatable bonds is 3. The molecule has 0 aliphatic carbocycles. The van der Waals surface area contributed by atoms with Gasteiger partial charge in [-0.15, -0.1) is 0 Å². The molecule has 0 heterocycles. The molecule has 3 N–H and O–H groups in total. The van der Waals surface area contributed by atoms with Crippen LogP contribution >= 0.6 is 0 Å². The highest BCUT2D eigenvalue weighted by Crippen LogP contribution is 2.39. The van der Waals surface area contributed by atoms with Gasteiger partial charge >= 0.3 is 5.97 Å². The second-order valence-corrected chi connectivity index (χ2v) is 4.10. The van der Waals surface area contributed by atoms with Crippen molar-refractivity contribution in [1.82, 2.24) is 0 Å². The Hall–Kier alpha value is -2.17. The van der Waals surface area contributed by atoms with E-state index in [1.807, 2.05) is 13.8 Å². The number of hydrogen-bond acceptors (Lipinski definition) is 5. The SMILES string of the molecule is COC(=O)c1cc(O)c(O)c(CC=C(C)C)c1O. The van der Waals surface area contributed by atoms with Gasteiger partial charge in [-0.05, 0) is 20.3 Å². The number of esters is 1. The van der Waals surface area contributed by atoms with Crippen molar-refractivity contribution in [1.29, 1.82) is 0 Å². The minimum atomic E-state index is -0.777. The molecule has 0 radical (unpaired) electrons. The number of ether oxygens (including phenoxy) is 1. The van der Waals surface area contributed by atoms with Gasteiger partial charge in [0.05, 0.1) is 7.11 Å². The van der Waals surface area contributed by atoms with Crippen LogP contribution < -0.4 is 0 Å². The molecule has 18 heavy (non-hydrogen) atoms. The molecule has 5 heteroatoms. The zero-order valence-corrected chi connectivity index (χ0v) is 10.5. The van der Waals surface area contributed by atoms with E-state index < -0.39 is 17.5 Å². The van der Waals surface area contributed by atoms with E-state index in [1.165, 1.54) is 7.11 Å². The summed E-state index contributed by atoms with van der Waals surface area (Å²) in [5, 5.41) is 29.1. The lowest BCUT2D eigenvalue weighted by Crippen LogP contribution is -2.03. The maximum absolute atomic E-state index is 11.4. The van der Waals surface area contributed by atoms with E-state index >= 15 is 0 Å². The quantitative estimate of drug-likeness (QED) is 0.332. The Morgan fingerprint density at radius 2 is 1.89 bits per heavy atom. The van der Waals surface area contributed by atoms with E-state index in [4.69, 9.17) is 0 Å². The second kappa shape index (κ2) is 5.44. The summed E-state index contributed by atoms with van der Waals surface area (Å²) in [6.45, 7) is 3.72. The molecule has 0 atom stereocenters. The van der Waals surface area contributed by atoms with E-state index in [-0.39, 0.29) is 23.3 Å². The third kappa shape index (κ3) is 2.74. The minimum Gasteiger partial charge on any atom is -0.507 e. The average molecular weight is 252 g/mol. The number of benzene rings is 1. The van der Waals surface area contributed by atoms with Gasteiger partial charge in [0.2, 0.25) is 0 Å². The van der Waals surface area contributed by atoms with Crippen molar-refractivity contribution in [3.05, 3.63) is 28.8 Å². The van der Waals surface area contributed by atoms with Gasteiger partial charge in [0.25, 0.3) is 0 Å². The fourth-order valence-corrected chi connectivity index (χ4v) is 1.47. The monoisotopic (exact) mass is 252 g/mol. The molecule has 98 valence electrons. The highest BCUT2D eigenvalue weighted by Gasteiger charge is 2.21. The van der Waals surface area contributed by atoms with E-state index in [0.717, 1.165) is 11.6 Å².